The fraction of sp³-hybridized carbons (Fsp3) is 0.300. The topological polar surface area (TPSA) is 121 Å². The van der Waals surface area contributed by atoms with Gasteiger partial charge in [0.25, 0.3) is 0 Å². The molecule has 0 spiro atoms. The van der Waals surface area contributed by atoms with Crippen molar-refractivity contribution in [3.63, 3.8) is 0 Å². The van der Waals surface area contributed by atoms with E-state index in [1.807, 2.05) is 65.7 Å². The molecule has 1 fully saturated rings. The smallest absolute Gasteiger partial charge is 0.326 e. The highest BCUT2D eigenvalue weighted by atomic mass is 16.4. The third-order valence-electron chi connectivity index (χ3n) is 5.37. The molecule has 2 aromatic carbocycles. The Labute approximate surface area is 167 Å². The molecule has 2 unspecified atom stereocenters. The first kappa shape index (κ1) is 18.9. The second kappa shape index (κ2) is 7.17. The molecule has 2 heterocycles. The highest BCUT2D eigenvalue weighted by molar-refractivity contribution is 5.80. The number of aliphatic hydroxyl groups excluding tert-OH is 1. The number of β-amino-alcohol motifs (C(OH)–C–C–N with tert-alkyl or cyclic N) is 1. The fourth-order valence-electron chi connectivity index (χ4n) is 3.86. The summed E-state index contributed by atoms with van der Waals surface area (Å²) >= 11 is 0. The lowest BCUT2D eigenvalue weighted by Crippen LogP contribution is -2.35. The van der Waals surface area contributed by atoms with Gasteiger partial charge in [-0.2, -0.15) is 0 Å². The maximum atomic E-state index is 11.4. The predicted molar refractivity (Wildman–Crippen MR) is 111 cm³/mol. The number of fused-ring (bicyclic) bond motifs is 1. The number of benzene rings is 2. The SMILES string of the molecule is Cn1c(=NNc2ccc(N3CC(O)CC3C(=O)O)cc2)n(C)c2cc(N)ccc21. The van der Waals surface area contributed by atoms with E-state index in [0.717, 1.165) is 28.0 Å². The summed E-state index contributed by atoms with van der Waals surface area (Å²) in [5, 5.41) is 23.7. The summed E-state index contributed by atoms with van der Waals surface area (Å²) in [7, 11) is 3.86. The van der Waals surface area contributed by atoms with Gasteiger partial charge in [0.15, 0.2) is 0 Å². The largest absolute Gasteiger partial charge is 0.480 e. The van der Waals surface area contributed by atoms with E-state index in [-0.39, 0.29) is 6.42 Å². The van der Waals surface area contributed by atoms with Gasteiger partial charge in [-0.05, 0) is 42.5 Å². The molecule has 3 aromatic rings. The van der Waals surface area contributed by atoms with Crippen molar-refractivity contribution in [2.24, 2.45) is 19.2 Å². The van der Waals surface area contributed by atoms with E-state index in [2.05, 4.69) is 10.5 Å². The number of nitrogens with two attached hydrogens (primary N) is 1. The maximum absolute atomic E-state index is 11.4. The molecule has 152 valence electrons. The Balaban J connectivity index is 1.59. The monoisotopic (exact) mass is 396 g/mol. The lowest BCUT2D eigenvalue weighted by Gasteiger charge is -2.23. The van der Waals surface area contributed by atoms with Gasteiger partial charge < -0.3 is 30.0 Å². The molecule has 0 radical (unpaired) electrons. The first-order chi connectivity index (χ1) is 13.8. The van der Waals surface area contributed by atoms with Crippen LogP contribution in [0.1, 0.15) is 6.42 Å². The van der Waals surface area contributed by atoms with Crippen LogP contribution in [0.5, 0.6) is 0 Å². The summed E-state index contributed by atoms with van der Waals surface area (Å²) in [5.41, 5.74) is 13.9. The van der Waals surface area contributed by atoms with Crippen molar-refractivity contribution in [2.75, 3.05) is 22.6 Å². The quantitative estimate of drug-likeness (QED) is 0.386. The molecule has 9 heteroatoms. The normalized spacial score (nSPS) is 19.8. The number of rotatable bonds is 4. The number of hydrogen-bond acceptors (Lipinski definition) is 6. The Bertz CT molecular complexity index is 1130. The highest BCUT2D eigenvalue weighted by Gasteiger charge is 2.35. The van der Waals surface area contributed by atoms with Gasteiger partial charge in [0, 0.05) is 38.4 Å². The van der Waals surface area contributed by atoms with Crippen LogP contribution >= 0.6 is 0 Å². The summed E-state index contributed by atoms with van der Waals surface area (Å²) in [6.45, 7) is 0.309. The zero-order chi connectivity index (χ0) is 20.7. The van der Waals surface area contributed by atoms with Crippen LogP contribution in [0.2, 0.25) is 0 Å². The summed E-state index contributed by atoms with van der Waals surface area (Å²) in [4.78, 5) is 13.1. The van der Waals surface area contributed by atoms with Gasteiger partial charge in [-0.1, -0.05) is 0 Å². The van der Waals surface area contributed by atoms with Crippen LogP contribution in [-0.2, 0) is 18.9 Å². The van der Waals surface area contributed by atoms with Crippen LogP contribution in [0.3, 0.4) is 0 Å². The molecule has 0 bridgehead atoms. The minimum atomic E-state index is -0.928. The van der Waals surface area contributed by atoms with Crippen molar-refractivity contribution < 1.29 is 15.0 Å². The molecular weight excluding hydrogens is 372 g/mol. The molecule has 0 saturated carbocycles. The van der Waals surface area contributed by atoms with Crippen LogP contribution in [0.25, 0.3) is 11.0 Å². The number of anilines is 3. The number of carboxylic acid groups (broad SMARTS) is 1. The zero-order valence-electron chi connectivity index (χ0n) is 16.3. The second-order valence-corrected chi connectivity index (χ2v) is 7.33. The summed E-state index contributed by atoms with van der Waals surface area (Å²) in [6.07, 6.45) is -0.406. The second-order valence-electron chi connectivity index (χ2n) is 7.33. The van der Waals surface area contributed by atoms with Gasteiger partial charge in [-0.15, -0.1) is 5.10 Å². The zero-order valence-corrected chi connectivity index (χ0v) is 16.3. The standard InChI is InChI=1S/C20H24N6O3/c1-24-16-8-3-12(21)9-17(16)25(2)20(24)23-22-13-4-6-14(7-5-13)26-11-15(27)10-18(26)19(28)29/h3-9,15,18,22,27H,10-11,21H2,1-2H3,(H,28,29). The van der Waals surface area contributed by atoms with Crippen LogP contribution in [0, 0.1) is 0 Å². The van der Waals surface area contributed by atoms with Gasteiger partial charge in [-0.25, -0.2) is 4.79 Å². The molecule has 1 aliphatic heterocycles. The molecule has 1 aromatic heterocycles. The Morgan fingerprint density at radius 2 is 1.83 bits per heavy atom. The minimum Gasteiger partial charge on any atom is -0.480 e. The van der Waals surface area contributed by atoms with Gasteiger partial charge >= 0.3 is 5.97 Å². The maximum Gasteiger partial charge on any atom is 0.326 e. The number of carbonyl (C=O) groups is 1. The van der Waals surface area contributed by atoms with Crippen LogP contribution in [0.4, 0.5) is 17.1 Å². The van der Waals surface area contributed by atoms with Gasteiger partial charge in [0.2, 0.25) is 5.62 Å². The highest BCUT2D eigenvalue weighted by Crippen LogP contribution is 2.27. The average molecular weight is 396 g/mol. The predicted octanol–water partition coefficient (Wildman–Crippen LogP) is 1.05. The third-order valence-corrected chi connectivity index (χ3v) is 5.37. The lowest BCUT2D eigenvalue weighted by molar-refractivity contribution is -0.138. The number of aryl methyl sites for hydroxylation is 2. The number of nitrogens with zero attached hydrogens (tertiary/aromatic N) is 4. The van der Waals surface area contributed by atoms with Crippen molar-refractivity contribution in [1.82, 2.24) is 9.13 Å². The Hall–Kier alpha value is -3.46. The number of nitrogen functional groups attached to an aromatic ring is 1. The van der Waals surface area contributed by atoms with E-state index in [0.29, 0.717) is 12.2 Å². The van der Waals surface area contributed by atoms with Crippen molar-refractivity contribution in [1.29, 1.82) is 0 Å². The molecule has 2 atom stereocenters. The van der Waals surface area contributed by atoms with E-state index in [4.69, 9.17) is 5.73 Å². The van der Waals surface area contributed by atoms with E-state index in [1.54, 1.807) is 4.90 Å². The number of nitrogens with one attached hydrogen (secondary N) is 1. The molecular formula is C20H24N6O3. The molecule has 0 amide bonds. The number of aliphatic carboxylic acids is 1. The average Bonchev–Trinajstić information content (AvgIpc) is 3.19. The van der Waals surface area contributed by atoms with Gasteiger partial charge in [0.1, 0.15) is 6.04 Å². The summed E-state index contributed by atoms with van der Waals surface area (Å²) in [5.74, 6) is -0.928. The lowest BCUT2D eigenvalue weighted by atomic mass is 10.2. The van der Waals surface area contributed by atoms with E-state index in [9.17, 15) is 15.0 Å². The van der Waals surface area contributed by atoms with Crippen molar-refractivity contribution in [3.05, 3.63) is 48.1 Å². The van der Waals surface area contributed by atoms with Gasteiger partial charge in [0.05, 0.1) is 22.8 Å². The molecule has 9 nitrogen and oxygen atoms in total. The Morgan fingerprint density at radius 3 is 2.52 bits per heavy atom. The van der Waals surface area contributed by atoms with E-state index >= 15 is 0 Å². The minimum absolute atomic E-state index is 0.229. The Morgan fingerprint density at radius 1 is 1.14 bits per heavy atom. The third kappa shape index (κ3) is 3.40. The summed E-state index contributed by atoms with van der Waals surface area (Å²) in [6, 6.07) is 12.3. The molecule has 5 N–H and O–H groups in total. The molecule has 4 rings (SSSR count). The van der Waals surface area contributed by atoms with Crippen LogP contribution in [-0.4, -0.2) is 44.0 Å². The van der Waals surface area contributed by atoms with E-state index < -0.39 is 18.1 Å². The van der Waals surface area contributed by atoms with Crippen LogP contribution < -0.4 is 21.7 Å². The van der Waals surface area contributed by atoms with Crippen molar-refractivity contribution in [3.8, 4) is 0 Å². The Kier molecular flexibility index (Phi) is 4.67. The first-order valence-electron chi connectivity index (χ1n) is 9.33. The van der Waals surface area contributed by atoms with E-state index in [1.165, 1.54) is 0 Å². The first-order valence-corrected chi connectivity index (χ1v) is 9.33. The number of aliphatic hydroxyl groups is 1. The van der Waals surface area contributed by atoms with Crippen molar-refractivity contribution in [2.45, 2.75) is 18.6 Å². The number of imidazole rings is 1. The number of aromatic nitrogens is 2. The van der Waals surface area contributed by atoms with Gasteiger partial charge in [-0.3, -0.25) is 5.43 Å². The van der Waals surface area contributed by atoms with Crippen molar-refractivity contribution >= 4 is 34.1 Å². The number of hydrogen-bond donors (Lipinski definition) is 4. The fourth-order valence-corrected chi connectivity index (χ4v) is 3.86. The van der Waals surface area contributed by atoms with Crippen LogP contribution in [0.15, 0.2) is 47.6 Å². The summed E-state index contributed by atoms with van der Waals surface area (Å²) < 4.78 is 3.93. The molecule has 1 aliphatic rings. The molecule has 1 saturated heterocycles. The molecule has 29 heavy (non-hydrogen) atoms. The number of carboxylic acids is 1. The molecule has 0 aliphatic carbocycles.